The molecule has 4 nitrogen and oxygen atoms in total. The van der Waals surface area contributed by atoms with Gasteiger partial charge in [0.05, 0.1) is 12.7 Å². The quantitative estimate of drug-likeness (QED) is 0.756. The Kier molecular flexibility index (Phi) is 3.28. The molecule has 0 N–H and O–H groups in total. The number of esters is 1. The van der Waals surface area contributed by atoms with Crippen LogP contribution in [-0.4, -0.2) is 17.6 Å². The summed E-state index contributed by atoms with van der Waals surface area (Å²) in [4.78, 5) is 23.4. The zero-order chi connectivity index (χ0) is 13.1. The number of carbonyl (C=O) groups is 1. The van der Waals surface area contributed by atoms with Crippen LogP contribution in [0.15, 0.2) is 47.4 Å². The number of ether oxygens (including phenoxy) is 1. The number of pyridine rings is 1. The number of aryl methyl sites for hydroxylation is 1. The molecule has 2 aromatic rings. The molecule has 0 aliphatic carbocycles. The van der Waals surface area contributed by atoms with Gasteiger partial charge >= 0.3 is 5.97 Å². The largest absolute Gasteiger partial charge is 0.465 e. The van der Waals surface area contributed by atoms with Gasteiger partial charge in [-0.15, -0.1) is 0 Å². The summed E-state index contributed by atoms with van der Waals surface area (Å²) >= 11 is 0. The highest BCUT2D eigenvalue weighted by Crippen LogP contribution is 2.17. The molecule has 0 spiro atoms. The van der Waals surface area contributed by atoms with Crippen molar-refractivity contribution < 1.29 is 9.53 Å². The summed E-state index contributed by atoms with van der Waals surface area (Å²) in [7, 11) is 3.02. The molecule has 0 bridgehead atoms. The van der Waals surface area contributed by atoms with Gasteiger partial charge in [-0.1, -0.05) is 12.1 Å². The van der Waals surface area contributed by atoms with E-state index in [1.165, 1.54) is 11.7 Å². The van der Waals surface area contributed by atoms with Gasteiger partial charge in [0.1, 0.15) is 0 Å². The van der Waals surface area contributed by atoms with Gasteiger partial charge in [-0.3, -0.25) is 4.79 Å². The lowest BCUT2D eigenvalue weighted by Crippen LogP contribution is -2.17. The molecular weight excluding hydrogens is 230 g/mol. The highest BCUT2D eigenvalue weighted by molar-refractivity contribution is 5.90. The maximum atomic E-state index is 12.0. The molecule has 0 fully saturated rings. The van der Waals surface area contributed by atoms with Gasteiger partial charge in [0, 0.05) is 18.8 Å². The maximum absolute atomic E-state index is 12.0. The lowest BCUT2D eigenvalue weighted by atomic mass is 10.0. The van der Waals surface area contributed by atoms with Crippen molar-refractivity contribution in [3.05, 3.63) is 58.5 Å². The van der Waals surface area contributed by atoms with E-state index in [9.17, 15) is 9.59 Å². The van der Waals surface area contributed by atoms with Crippen LogP contribution < -0.4 is 5.56 Å². The van der Waals surface area contributed by atoms with Crippen LogP contribution in [0.3, 0.4) is 0 Å². The van der Waals surface area contributed by atoms with Crippen molar-refractivity contribution in [1.29, 1.82) is 0 Å². The first kappa shape index (κ1) is 12.1. The van der Waals surface area contributed by atoms with Crippen molar-refractivity contribution in [2.75, 3.05) is 7.11 Å². The molecule has 0 radical (unpaired) electrons. The van der Waals surface area contributed by atoms with E-state index in [4.69, 9.17) is 0 Å². The second-order valence-corrected chi connectivity index (χ2v) is 3.91. The summed E-state index contributed by atoms with van der Waals surface area (Å²) in [5.74, 6) is -0.412. The average Bonchev–Trinajstić information content (AvgIpc) is 2.41. The summed E-state index contributed by atoms with van der Waals surface area (Å²) in [5.41, 5.74) is 1.60. The third kappa shape index (κ3) is 2.18. The molecule has 1 heterocycles. The molecule has 1 aromatic heterocycles. The van der Waals surface area contributed by atoms with Crippen molar-refractivity contribution in [3.63, 3.8) is 0 Å². The molecule has 0 amide bonds. The van der Waals surface area contributed by atoms with Crippen molar-refractivity contribution in [3.8, 4) is 11.1 Å². The van der Waals surface area contributed by atoms with Crippen molar-refractivity contribution in [2.24, 2.45) is 7.05 Å². The van der Waals surface area contributed by atoms with Crippen molar-refractivity contribution >= 4 is 5.97 Å². The predicted molar refractivity (Wildman–Crippen MR) is 68.5 cm³/mol. The Morgan fingerprint density at radius 2 is 2.00 bits per heavy atom. The maximum Gasteiger partial charge on any atom is 0.337 e. The Bertz CT molecular complexity index is 643. The summed E-state index contributed by atoms with van der Waals surface area (Å²) < 4.78 is 6.16. The normalized spacial score (nSPS) is 10.1. The number of methoxy groups -OCH3 is 1. The number of hydrogen-bond acceptors (Lipinski definition) is 3. The summed E-state index contributed by atoms with van der Waals surface area (Å²) in [6.45, 7) is 0. The third-order valence-corrected chi connectivity index (χ3v) is 2.72. The summed E-state index contributed by atoms with van der Waals surface area (Å²) in [6.07, 6.45) is 1.69. The van der Waals surface area contributed by atoms with E-state index >= 15 is 0 Å². The first-order valence-corrected chi connectivity index (χ1v) is 5.48. The van der Waals surface area contributed by atoms with Crippen molar-refractivity contribution in [1.82, 2.24) is 4.57 Å². The number of aromatic nitrogens is 1. The van der Waals surface area contributed by atoms with Crippen LogP contribution in [0.1, 0.15) is 10.4 Å². The van der Waals surface area contributed by atoms with Crippen molar-refractivity contribution in [2.45, 2.75) is 0 Å². The number of hydrogen-bond donors (Lipinski definition) is 0. The van der Waals surface area contributed by atoms with Crippen LogP contribution in [0, 0.1) is 0 Å². The van der Waals surface area contributed by atoms with Gasteiger partial charge in [-0.2, -0.15) is 0 Å². The number of benzene rings is 1. The Hall–Kier alpha value is -2.36. The van der Waals surface area contributed by atoms with Crippen LogP contribution in [0.2, 0.25) is 0 Å². The van der Waals surface area contributed by atoms with Crippen LogP contribution in [0.25, 0.3) is 11.1 Å². The standard InChI is InChI=1S/C14H13NO3/c1-15-8-4-7-12(13(15)16)10-5-3-6-11(9-10)14(17)18-2/h3-9H,1-2H3. The van der Waals surface area contributed by atoms with Gasteiger partial charge in [0.25, 0.3) is 5.56 Å². The molecular formula is C14H13NO3. The van der Waals surface area contributed by atoms with Gasteiger partial charge < -0.3 is 9.30 Å². The molecule has 0 aliphatic rings. The monoisotopic (exact) mass is 243 g/mol. The molecule has 92 valence electrons. The minimum Gasteiger partial charge on any atom is -0.465 e. The number of nitrogens with zero attached hydrogens (tertiary/aromatic N) is 1. The molecule has 1 aromatic carbocycles. The Balaban J connectivity index is 2.55. The Labute approximate surface area is 104 Å². The summed E-state index contributed by atoms with van der Waals surface area (Å²) in [5, 5.41) is 0. The van der Waals surface area contributed by atoms with Crippen LogP contribution in [-0.2, 0) is 11.8 Å². The predicted octanol–water partition coefficient (Wildman–Crippen LogP) is 1.84. The van der Waals surface area contributed by atoms with Gasteiger partial charge in [-0.25, -0.2) is 4.79 Å². The highest BCUT2D eigenvalue weighted by atomic mass is 16.5. The average molecular weight is 243 g/mol. The lowest BCUT2D eigenvalue weighted by Gasteiger charge is -2.05. The zero-order valence-corrected chi connectivity index (χ0v) is 10.2. The second-order valence-electron chi connectivity index (χ2n) is 3.91. The van der Waals surface area contributed by atoms with Crippen LogP contribution in [0.4, 0.5) is 0 Å². The molecule has 4 heteroatoms. The Morgan fingerprint density at radius 3 is 2.72 bits per heavy atom. The van der Waals surface area contributed by atoms with E-state index in [1.807, 2.05) is 0 Å². The molecule has 0 unspecified atom stereocenters. The topological polar surface area (TPSA) is 48.3 Å². The second kappa shape index (κ2) is 4.87. The third-order valence-electron chi connectivity index (χ3n) is 2.72. The van der Waals surface area contributed by atoms with Crippen LogP contribution in [0.5, 0.6) is 0 Å². The number of carbonyl (C=O) groups excluding carboxylic acids is 1. The fourth-order valence-corrected chi connectivity index (χ4v) is 1.75. The van der Waals surface area contributed by atoms with E-state index in [0.29, 0.717) is 16.7 Å². The van der Waals surface area contributed by atoms with E-state index in [-0.39, 0.29) is 5.56 Å². The van der Waals surface area contributed by atoms with Gasteiger partial charge in [-0.05, 0) is 29.8 Å². The lowest BCUT2D eigenvalue weighted by molar-refractivity contribution is 0.0601. The van der Waals surface area contributed by atoms with E-state index in [1.54, 1.807) is 49.6 Å². The Morgan fingerprint density at radius 1 is 1.22 bits per heavy atom. The summed E-state index contributed by atoms with van der Waals surface area (Å²) in [6, 6.07) is 10.4. The van der Waals surface area contributed by atoms with E-state index in [0.717, 1.165) is 0 Å². The van der Waals surface area contributed by atoms with Gasteiger partial charge in [0.2, 0.25) is 0 Å². The molecule has 0 aliphatic heterocycles. The van der Waals surface area contributed by atoms with Crippen LogP contribution >= 0.6 is 0 Å². The number of rotatable bonds is 2. The first-order chi connectivity index (χ1) is 8.63. The minimum absolute atomic E-state index is 0.0977. The minimum atomic E-state index is -0.412. The highest BCUT2D eigenvalue weighted by Gasteiger charge is 2.09. The fourth-order valence-electron chi connectivity index (χ4n) is 1.75. The molecule has 0 saturated carbocycles. The molecule has 0 saturated heterocycles. The fraction of sp³-hybridized carbons (Fsp3) is 0.143. The van der Waals surface area contributed by atoms with E-state index < -0.39 is 5.97 Å². The zero-order valence-electron chi connectivity index (χ0n) is 10.2. The van der Waals surface area contributed by atoms with E-state index in [2.05, 4.69) is 4.74 Å². The first-order valence-electron chi connectivity index (χ1n) is 5.48. The van der Waals surface area contributed by atoms with Gasteiger partial charge in [0.15, 0.2) is 0 Å². The smallest absolute Gasteiger partial charge is 0.337 e. The SMILES string of the molecule is COC(=O)c1cccc(-c2cccn(C)c2=O)c1. The molecule has 18 heavy (non-hydrogen) atoms. The molecule has 0 atom stereocenters. The molecule has 2 rings (SSSR count).